The molecule has 0 bridgehead atoms. The van der Waals surface area contributed by atoms with E-state index in [4.69, 9.17) is 0 Å². The Morgan fingerprint density at radius 3 is 2.42 bits per heavy atom. The summed E-state index contributed by atoms with van der Waals surface area (Å²) < 4.78 is 41.0. The molecule has 7 heteroatoms. The highest BCUT2D eigenvalue weighted by atomic mass is 32.2. The summed E-state index contributed by atoms with van der Waals surface area (Å²) in [6, 6.07) is 0. The molecule has 0 saturated heterocycles. The van der Waals surface area contributed by atoms with Gasteiger partial charge in [0.1, 0.15) is 5.75 Å². The van der Waals surface area contributed by atoms with Crippen LogP contribution in [-0.4, -0.2) is 34.0 Å². The maximum Gasteiger partial charge on any atom is 0.509 e. The molecule has 0 fully saturated rings. The largest absolute Gasteiger partial charge is 0.509 e. The molecule has 0 spiro atoms. The fourth-order valence-corrected chi connectivity index (χ4v) is 2.55. The van der Waals surface area contributed by atoms with Gasteiger partial charge in [-0.3, -0.25) is 4.18 Å². The van der Waals surface area contributed by atoms with Gasteiger partial charge in [0.2, 0.25) is 0 Å². The lowest BCUT2D eigenvalue weighted by molar-refractivity contribution is 0.350. The molecule has 72 valence electrons. The highest BCUT2D eigenvalue weighted by Gasteiger charge is 2.21. The van der Waals surface area contributed by atoms with Gasteiger partial charge in [-0.1, -0.05) is 0 Å². The molecule has 0 aromatic rings. The minimum absolute atomic E-state index is 0.0145. The molecular formula is C5H12O5PS+. The second-order valence-electron chi connectivity index (χ2n) is 1.90. The predicted molar refractivity (Wildman–Crippen MR) is 44.9 cm³/mol. The van der Waals surface area contributed by atoms with Crippen LogP contribution in [0.5, 0.6) is 0 Å². The van der Waals surface area contributed by atoms with Crippen LogP contribution in [0, 0.1) is 0 Å². The van der Waals surface area contributed by atoms with Crippen LogP contribution >= 0.6 is 8.03 Å². The van der Waals surface area contributed by atoms with E-state index in [1.165, 1.54) is 0 Å². The van der Waals surface area contributed by atoms with E-state index in [1.54, 1.807) is 6.92 Å². The quantitative estimate of drug-likeness (QED) is 0.482. The Labute approximate surface area is 73.1 Å². The molecular weight excluding hydrogens is 203 g/mol. The lowest BCUT2D eigenvalue weighted by Crippen LogP contribution is -2.09. The van der Waals surface area contributed by atoms with Gasteiger partial charge < -0.3 is 0 Å². The summed E-state index contributed by atoms with van der Waals surface area (Å²) >= 11 is 0. The van der Waals surface area contributed by atoms with Crippen molar-refractivity contribution in [3.8, 4) is 0 Å². The van der Waals surface area contributed by atoms with Gasteiger partial charge in [-0.25, -0.2) is 0 Å². The molecule has 0 aliphatic carbocycles. The summed E-state index contributed by atoms with van der Waals surface area (Å²) in [5.41, 5.74) is 0. The van der Waals surface area contributed by atoms with Crippen LogP contribution in [0.25, 0.3) is 0 Å². The SMILES string of the molecule is CCO[P+](=O)CCS(=O)(=O)OC. The molecule has 0 aliphatic heterocycles. The zero-order valence-corrected chi connectivity index (χ0v) is 8.73. The van der Waals surface area contributed by atoms with Gasteiger partial charge in [0.25, 0.3) is 10.1 Å². The van der Waals surface area contributed by atoms with Gasteiger partial charge in [0.15, 0.2) is 6.16 Å². The maximum atomic E-state index is 10.8. The number of hydrogen-bond acceptors (Lipinski definition) is 5. The topological polar surface area (TPSA) is 69.7 Å². The van der Waals surface area contributed by atoms with Crippen molar-refractivity contribution >= 4 is 18.1 Å². The first-order chi connectivity index (χ1) is 5.52. The Hall–Kier alpha value is -0.0300. The molecule has 0 rings (SSSR count). The molecule has 1 atom stereocenters. The molecule has 0 N–H and O–H groups in total. The maximum absolute atomic E-state index is 10.8. The Morgan fingerprint density at radius 2 is 2.00 bits per heavy atom. The van der Waals surface area contributed by atoms with Crippen LogP contribution in [-0.2, 0) is 23.4 Å². The summed E-state index contributed by atoms with van der Waals surface area (Å²) in [6.07, 6.45) is -0.0145. The Kier molecular flexibility index (Phi) is 5.57. The standard InChI is InChI=1S/C5H12O5PS/c1-3-10-11(6)4-5-12(7,8)9-2/h3-5H2,1-2H3/q+1. The molecule has 1 unspecified atom stereocenters. The van der Waals surface area contributed by atoms with Gasteiger partial charge in [-0.2, -0.15) is 8.42 Å². The van der Waals surface area contributed by atoms with E-state index in [-0.39, 0.29) is 11.9 Å². The van der Waals surface area contributed by atoms with E-state index in [9.17, 15) is 13.0 Å². The number of rotatable bonds is 6. The summed E-state index contributed by atoms with van der Waals surface area (Å²) in [6.45, 7) is 2.01. The van der Waals surface area contributed by atoms with Crippen molar-refractivity contribution in [1.82, 2.24) is 0 Å². The molecule has 5 nitrogen and oxygen atoms in total. The normalized spacial score (nSPS) is 13.0. The zero-order valence-electron chi connectivity index (χ0n) is 7.02. The molecule has 0 amide bonds. The molecule has 0 aromatic carbocycles. The van der Waals surface area contributed by atoms with Gasteiger partial charge in [0, 0.05) is 0 Å². The second kappa shape index (κ2) is 5.59. The molecule has 12 heavy (non-hydrogen) atoms. The first-order valence-electron chi connectivity index (χ1n) is 3.37. The summed E-state index contributed by atoms with van der Waals surface area (Å²) in [5.74, 6) is -0.265. The molecule has 0 aromatic heterocycles. The number of hydrogen-bond donors (Lipinski definition) is 0. The van der Waals surface area contributed by atoms with E-state index < -0.39 is 18.1 Å². The molecule has 0 radical (unpaired) electrons. The van der Waals surface area contributed by atoms with E-state index in [2.05, 4.69) is 8.71 Å². The van der Waals surface area contributed by atoms with Crippen molar-refractivity contribution in [2.24, 2.45) is 0 Å². The summed E-state index contributed by atoms with van der Waals surface area (Å²) in [7, 11) is -4.28. The monoisotopic (exact) mass is 215 g/mol. The van der Waals surface area contributed by atoms with Gasteiger partial charge in [-0.15, -0.1) is 4.52 Å². The molecule has 0 heterocycles. The average Bonchev–Trinajstić information content (AvgIpc) is 2.02. The van der Waals surface area contributed by atoms with Crippen molar-refractivity contribution in [2.45, 2.75) is 6.92 Å². The van der Waals surface area contributed by atoms with Crippen LogP contribution < -0.4 is 0 Å². The Balaban J connectivity index is 3.76. The molecule has 0 aliphatic rings. The van der Waals surface area contributed by atoms with Crippen molar-refractivity contribution in [3.63, 3.8) is 0 Å². The third-order valence-corrected chi connectivity index (χ3v) is 3.70. The van der Waals surface area contributed by atoms with E-state index >= 15 is 0 Å². The third-order valence-electron chi connectivity index (χ3n) is 1.05. The lowest BCUT2D eigenvalue weighted by Gasteiger charge is -1.93. The first-order valence-corrected chi connectivity index (χ1v) is 6.31. The first kappa shape index (κ1) is 12.0. The smallest absolute Gasteiger partial charge is 0.273 e. The van der Waals surface area contributed by atoms with Crippen LogP contribution in [0.2, 0.25) is 0 Å². The van der Waals surface area contributed by atoms with Gasteiger partial charge in [0.05, 0.1) is 13.7 Å². The van der Waals surface area contributed by atoms with Crippen molar-refractivity contribution in [2.75, 3.05) is 25.6 Å². The van der Waals surface area contributed by atoms with Crippen LogP contribution in [0.4, 0.5) is 0 Å². The molecule has 0 saturated carbocycles. The zero-order chi connectivity index (χ0) is 9.61. The summed E-state index contributed by atoms with van der Waals surface area (Å²) in [4.78, 5) is 0. The average molecular weight is 215 g/mol. The highest BCUT2D eigenvalue weighted by molar-refractivity contribution is 7.87. The Bertz CT molecular complexity index is 234. The van der Waals surface area contributed by atoms with E-state index in [1.807, 2.05) is 0 Å². The fourth-order valence-electron chi connectivity index (χ4n) is 0.478. The van der Waals surface area contributed by atoms with Crippen LogP contribution in [0.1, 0.15) is 6.92 Å². The Morgan fingerprint density at radius 1 is 1.42 bits per heavy atom. The van der Waals surface area contributed by atoms with Crippen LogP contribution in [0.15, 0.2) is 0 Å². The van der Waals surface area contributed by atoms with Crippen molar-refractivity contribution < 1.29 is 21.7 Å². The minimum atomic E-state index is -3.50. The fraction of sp³-hybridized carbons (Fsp3) is 1.00. The lowest BCUT2D eigenvalue weighted by atomic mass is 10.9. The van der Waals surface area contributed by atoms with Crippen molar-refractivity contribution in [3.05, 3.63) is 0 Å². The van der Waals surface area contributed by atoms with Crippen molar-refractivity contribution in [1.29, 1.82) is 0 Å². The predicted octanol–water partition coefficient (Wildman–Crippen LogP) is 0.742. The van der Waals surface area contributed by atoms with Crippen LogP contribution in [0.3, 0.4) is 0 Å². The van der Waals surface area contributed by atoms with E-state index in [0.717, 1.165) is 7.11 Å². The van der Waals surface area contributed by atoms with Gasteiger partial charge >= 0.3 is 8.03 Å². The van der Waals surface area contributed by atoms with Gasteiger partial charge in [-0.05, 0) is 11.5 Å². The van der Waals surface area contributed by atoms with E-state index in [0.29, 0.717) is 6.61 Å². The minimum Gasteiger partial charge on any atom is -0.273 e. The third kappa shape index (κ3) is 5.60. The highest BCUT2D eigenvalue weighted by Crippen LogP contribution is 2.21. The second-order valence-corrected chi connectivity index (χ2v) is 5.13. The summed E-state index contributed by atoms with van der Waals surface area (Å²) in [5, 5.41) is 0.